The van der Waals surface area contributed by atoms with Crippen LogP contribution in [0.4, 0.5) is 0 Å². The molecule has 0 saturated heterocycles. The first-order chi connectivity index (χ1) is 14.4. The van der Waals surface area contributed by atoms with Gasteiger partial charge in [-0.15, -0.1) is 0 Å². The average molecular weight is 453 g/mol. The first-order valence-corrected chi connectivity index (χ1v) is 11.6. The van der Waals surface area contributed by atoms with Crippen molar-refractivity contribution in [2.45, 2.75) is 25.2 Å². The first kappa shape index (κ1) is 23.9. The Morgan fingerprint density at radius 2 is 1.10 bits per heavy atom. The standard InChI is InChI=1S/C20H24N2O6S2/c23-17-7-3-1-5-13(17)9-21-15(19(25)26)11-29-30-12-16(20(27)28)22-10-14-6-2-4-8-18(14)24/h1-8,15-16,21-24H,9-12H2,(H,25,26)(H,27,28)/t15-,16?/m0/s1. The van der Waals surface area contributed by atoms with Crippen LogP contribution in [0.15, 0.2) is 48.5 Å². The van der Waals surface area contributed by atoms with Crippen molar-refractivity contribution in [1.82, 2.24) is 10.6 Å². The number of para-hydroxylation sites is 2. The van der Waals surface area contributed by atoms with Crippen LogP contribution in [0.5, 0.6) is 11.5 Å². The molecule has 0 heterocycles. The van der Waals surface area contributed by atoms with E-state index in [0.29, 0.717) is 11.1 Å². The maximum absolute atomic E-state index is 11.5. The van der Waals surface area contributed by atoms with Gasteiger partial charge in [-0.1, -0.05) is 58.0 Å². The van der Waals surface area contributed by atoms with E-state index in [2.05, 4.69) is 10.6 Å². The number of carboxylic acid groups (broad SMARTS) is 2. The highest BCUT2D eigenvalue weighted by molar-refractivity contribution is 8.76. The smallest absolute Gasteiger partial charge is 0.321 e. The van der Waals surface area contributed by atoms with E-state index in [-0.39, 0.29) is 36.1 Å². The van der Waals surface area contributed by atoms with Crippen LogP contribution in [-0.2, 0) is 22.7 Å². The second kappa shape index (κ2) is 12.3. The van der Waals surface area contributed by atoms with Crippen molar-refractivity contribution in [2.24, 2.45) is 0 Å². The lowest BCUT2D eigenvalue weighted by Crippen LogP contribution is -2.39. The van der Waals surface area contributed by atoms with Crippen LogP contribution in [0.1, 0.15) is 11.1 Å². The van der Waals surface area contributed by atoms with Crippen molar-refractivity contribution in [3.63, 3.8) is 0 Å². The molecule has 162 valence electrons. The Kier molecular flexibility index (Phi) is 9.81. The Bertz CT molecular complexity index is 782. The van der Waals surface area contributed by atoms with E-state index < -0.39 is 24.0 Å². The molecule has 6 N–H and O–H groups in total. The molecule has 2 aromatic carbocycles. The fourth-order valence-corrected chi connectivity index (χ4v) is 4.83. The van der Waals surface area contributed by atoms with Crippen LogP contribution in [-0.4, -0.2) is 56.0 Å². The molecule has 2 rings (SSSR count). The highest BCUT2D eigenvalue weighted by Gasteiger charge is 2.20. The van der Waals surface area contributed by atoms with Gasteiger partial charge < -0.3 is 20.4 Å². The number of hydrogen-bond acceptors (Lipinski definition) is 8. The molecular formula is C20H24N2O6S2. The van der Waals surface area contributed by atoms with Gasteiger partial charge in [0, 0.05) is 35.7 Å². The van der Waals surface area contributed by atoms with Gasteiger partial charge in [0.2, 0.25) is 0 Å². The minimum absolute atomic E-state index is 0.0935. The number of nitrogens with one attached hydrogen (secondary N) is 2. The average Bonchev–Trinajstić information content (AvgIpc) is 2.71. The van der Waals surface area contributed by atoms with E-state index in [9.17, 15) is 30.0 Å². The van der Waals surface area contributed by atoms with Gasteiger partial charge in [0.1, 0.15) is 23.6 Å². The lowest BCUT2D eigenvalue weighted by atomic mass is 10.2. The normalized spacial score (nSPS) is 12.9. The Morgan fingerprint density at radius 3 is 1.43 bits per heavy atom. The van der Waals surface area contributed by atoms with Crippen molar-refractivity contribution < 1.29 is 30.0 Å². The van der Waals surface area contributed by atoms with Crippen molar-refractivity contribution in [2.75, 3.05) is 11.5 Å². The van der Waals surface area contributed by atoms with Crippen LogP contribution in [0.25, 0.3) is 0 Å². The molecule has 2 aromatic rings. The number of aromatic hydroxyl groups is 2. The van der Waals surface area contributed by atoms with Crippen LogP contribution < -0.4 is 10.6 Å². The third-order valence-corrected chi connectivity index (χ3v) is 6.63. The monoisotopic (exact) mass is 452 g/mol. The molecule has 1 unspecified atom stereocenters. The highest BCUT2D eigenvalue weighted by atomic mass is 33.1. The van der Waals surface area contributed by atoms with Crippen LogP contribution >= 0.6 is 21.6 Å². The van der Waals surface area contributed by atoms with Gasteiger partial charge in [-0.2, -0.15) is 0 Å². The number of aliphatic carboxylic acids is 2. The van der Waals surface area contributed by atoms with Gasteiger partial charge in [0.05, 0.1) is 0 Å². The molecule has 0 aliphatic carbocycles. The summed E-state index contributed by atoms with van der Waals surface area (Å²) in [5.41, 5.74) is 1.20. The maximum atomic E-state index is 11.5. The molecule has 10 heteroatoms. The number of rotatable bonds is 13. The second-order valence-electron chi connectivity index (χ2n) is 6.37. The third-order valence-electron chi connectivity index (χ3n) is 4.21. The minimum atomic E-state index is -1.02. The quantitative estimate of drug-likeness (QED) is 0.198. The molecule has 0 aliphatic heterocycles. The number of phenolic OH excluding ortho intramolecular Hbond substituents is 2. The Labute approximate surface area is 182 Å². The molecule has 0 bridgehead atoms. The van der Waals surface area contributed by atoms with Gasteiger partial charge in [-0.05, 0) is 12.1 Å². The van der Waals surface area contributed by atoms with E-state index in [4.69, 9.17) is 0 Å². The van der Waals surface area contributed by atoms with Gasteiger partial charge in [-0.3, -0.25) is 20.2 Å². The number of hydrogen-bond donors (Lipinski definition) is 6. The Balaban J connectivity index is 1.77. The van der Waals surface area contributed by atoms with Crippen molar-refractivity contribution in [1.29, 1.82) is 0 Å². The van der Waals surface area contributed by atoms with E-state index in [1.165, 1.54) is 33.7 Å². The molecule has 0 spiro atoms. The van der Waals surface area contributed by atoms with Gasteiger partial charge in [-0.25, -0.2) is 0 Å². The van der Waals surface area contributed by atoms with Gasteiger partial charge in [0.25, 0.3) is 0 Å². The number of carboxylic acids is 2. The Morgan fingerprint density at radius 1 is 0.733 bits per heavy atom. The molecule has 0 radical (unpaired) electrons. The zero-order valence-corrected chi connectivity index (χ0v) is 17.7. The zero-order valence-electron chi connectivity index (χ0n) is 16.0. The number of carbonyl (C=O) groups is 2. The second-order valence-corrected chi connectivity index (χ2v) is 8.92. The zero-order chi connectivity index (χ0) is 21.9. The molecule has 30 heavy (non-hydrogen) atoms. The predicted molar refractivity (Wildman–Crippen MR) is 118 cm³/mol. The summed E-state index contributed by atoms with van der Waals surface area (Å²) < 4.78 is 0. The molecule has 0 saturated carbocycles. The number of benzene rings is 2. The summed E-state index contributed by atoms with van der Waals surface area (Å²) >= 11 is 0. The van der Waals surface area contributed by atoms with Crippen molar-refractivity contribution >= 4 is 33.5 Å². The summed E-state index contributed by atoms with van der Waals surface area (Å²) in [6.45, 7) is 0.406. The topological polar surface area (TPSA) is 139 Å². The summed E-state index contributed by atoms with van der Waals surface area (Å²) in [5, 5.41) is 44.1. The molecule has 0 fully saturated rings. The van der Waals surface area contributed by atoms with Crippen LogP contribution in [0.3, 0.4) is 0 Å². The summed E-state index contributed by atoms with van der Waals surface area (Å²) in [5.74, 6) is -1.41. The third kappa shape index (κ3) is 7.79. The molecule has 0 amide bonds. The first-order valence-electron chi connectivity index (χ1n) is 9.09. The fourth-order valence-electron chi connectivity index (χ4n) is 2.45. The summed E-state index contributed by atoms with van der Waals surface area (Å²) in [6.07, 6.45) is 0. The molecular weight excluding hydrogens is 428 g/mol. The van der Waals surface area contributed by atoms with Crippen molar-refractivity contribution in [3.05, 3.63) is 59.7 Å². The van der Waals surface area contributed by atoms with Gasteiger partial charge >= 0.3 is 11.9 Å². The van der Waals surface area contributed by atoms with E-state index >= 15 is 0 Å². The van der Waals surface area contributed by atoms with Crippen molar-refractivity contribution in [3.8, 4) is 11.5 Å². The summed E-state index contributed by atoms with van der Waals surface area (Å²) in [4.78, 5) is 22.9. The number of phenols is 2. The lowest BCUT2D eigenvalue weighted by Gasteiger charge is -2.16. The van der Waals surface area contributed by atoms with Crippen LogP contribution in [0.2, 0.25) is 0 Å². The summed E-state index contributed by atoms with van der Waals surface area (Å²) in [7, 11) is 2.52. The minimum Gasteiger partial charge on any atom is -0.508 e. The van der Waals surface area contributed by atoms with E-state index in [1.54, 1.807) is 36.4 Å². The molecule has 8 nitrogen and oxygen atoms in total. The summed E-state index contributed by atoms with van der Waals surface area (Å²) in [6, 6.07) is 11.7. The van der Waals surface area contributed by atoms with E-state index in [1.807, 2.05) is 0 Å². The maximum Gasteiger partial charge on any atom is 0.321 e. The van der Waals surface area contributed by atoms with Crippen LogP contribution in [0, 0.1) is 0 Å². The van der Waals surface area contributed by atoms with Gasteiger partial charge in [0.15, 0.2) is 0 Å². The fraction of sp³-hybridized carbons (Fsp3) is 0.300. The lowest BCUT2D eigenvalue weighted by molar-refractivity contribution is -0.139. The predicted octanol–water partition coefficient (Wildman–Crippen LogP) is 2.27. The largest absolute Gasteiger partial charge is 0.508 e. The van der Waals surface area contributed by atoms with E-state index in [0.717, 1.165) is 0 Å². The SMILES string of the molecule is O=C(O)C(CSSC[C@H](NCc1ccccc1O)C(=O)O)NCc1ccccc1O. The molecule has 0 aromatic heterocycles. The molecule has 0 aliphatic rings. The highest BCUT2D eigenvalue weighted by Crippen LogP contribution is 2.24. The Hall–Kier alpha value is -2.40. The molecule has 2 atom stereocenters.